The largest absolute Gasteiger partial charge is 0.496 e. The van der Waals surface area contributed by atoms with Crippen LogP contribution in [0.25, 0.3) is 0 Å². The molecule has 0 aliphatic heterocycles. The van der Waals surface area contributed by atoms with Crippen LogP contribution in [0.5, 0.6) is 5.75 Å². The van der Waals surface area contributed by atoms with Crippen molar-refractivity contribution in [3.63, 3.8) is 0 Å². The maximum atomic E-state index is 13.5. The number of halogens is 2. The number of ether oxygens (including phenoxy) is 1. The Bertz CT molecular complexity index is 542. The van der Waals surface area contributed by atoms with Gasteiger partial charge in [0, 0.05) is 22.4 Å². The molecule has 1 heterocycles. The highest BCUT2D eigenvalue weighted by molar-refractivity contribution is 7.10. The normalized spacial score (nSPS) is 12.4. The van der Waals surface area contributed by atoms with Crippen LogP contribution < -0.4 is 10.5 Å². The molecule has 5 heteroatoms. The third kappa shape index (κ3) is 2.86. The molecule has 2 nitrogen and oxygen atoms in total. The van der Waals surface area contributed by atoms with E-state index in [9.17, 15) is 8.78 Å². The molecule has 18 heavy (non-hydrogen) atoms. The Morgan fingerprint density at radius 1 is 1.33 bits per heavy atom. The highest BCUT2D eigenvalue weighted by Gasteiger charge is 2.13. The van der Waals surface area contributed by atoms with E-state index in [1.165, 1.54) is 23.5 Å². The summed E-state index contributed by atoms with van der Waals surface area (Å²) in [5, 5.41) is 1.84. The fraction of sp³-hybridized carbons (Fsp3) is 0.231. The molecule has 2 aromatic rings. The van der Waals surface area contributed by atoms with Crippen molar-refractivity contribution in [2.45, 2.75) is 12.5 Å². The van der Waals surface area contributed by atoms with E-state index in [0.29, 0.717) is 12.0 Å². The van der Waals surface area contributed by atoms with Crippen molar-refractivity contribution < 1.29 is 13.5 Å². The second-order valence-electron chi connectivity index (χ2n) is 3.94. The topological polar surface area (TPSA) is 35.2 Å². The monoisotopic (exact) mass is 269 g/mol. The van der Waals surface area contributed by atoms with Crippen LogP contribution in [-0.4, -0.2) is 7.11 Å². The van der Waals surface area contributed by atoms with E-state index < -0.39 is 11.6 Å². The summed E-state index contributed by atoms with van der Waals surface area (Å²) in [6.45, 7) is 0. The number of hydrogen-bond donors (Lipinski definition) is 1. The Labute approximate surface area is 108 Å². The van der Waals surface area contributed by atoms with Crippen molar-refractivity contribution in [2.75, 3.05) is 7.11 Å². The SMILES string of the molecule is COc1csc(C(N)Cc2ccc(F)cc2F)c1. The first-order valence-corrected chi connectivity index (χ1v) is 6.30. The Hall–Kier alpha value is -1.46. The van der Waals surface area contributed by atoms with Crippen LogP contribution in [0.4, 0.5) is 8.78 Å². The highest BCUT2D eigenvalue weighted by atomic mass is 32.1. The summed E-state index contributed by atoms with van der Waals surface area (Å²) >= 11 is 1.46. The summed E-state index contributed by atoms with van der Waals surface area (Å²) in [6, 6.07) is 5.04. The molecule has 2 N–H and O–H groups in total. The lowest BCUT2D eigenvalue weighted by atomic mass is 10.0. The molecule has 0 radical (unpaired) electrons. The highest BCUT2D eigenvalue weighted by Crippen LogP contribution is 2.28. The zero-order valence-corrected chi connectivity index (χ0v) is 10.6. The fourth-order valence-corrected chi connectivity index (χ4v) is 2.52. The molecule has 0 amide bonds. The molecule has 2 rings (SSSR count). The van der Waals surface area contributed by atoms with Gasteiger partial charge in [0.15, 0.2) is 0 Å². The maximum absolute atomic E-state index is 13.5. The van der Waals surface area contributed by atoms with E-state index in [-0.39, 0.29) is 6.04 Å². The van der Waals surface area contributed by atoms with Crippen LogP contribution in [0.15, 0.2) is 29.6 Å². The van der Waals surface area contributed by atoms with Crippen LogP contribution in [0.3, 0.4) is 0 Å². The average Bonchev–Trinajstić information content (AvgIpc) is 2.81. The first-order valence-electron chi connectivity index (χ1n) is 5.42. The summed E-state index contributed by atoms with van der Waals surface area (Å²) in [4.78, 5) is 0.913. The van der Waals surface area contributed by atoms with Gasteiger partial charge < -0.3 is 10.5 Å². The third-order valence-electron chi connectivity index (χ3n) is 2.65. The van der Waals surface area contributed by atoms with Gasteiger partial charge in [-0.15, -0.1) is 11.3 Å². The quantitative estimate of drug-likeness (QED) is 0.924. The van der Waals surface area contributed by atoms with E-state index in [1.54, 1.807) is 7.11 Å². The predicted octanol–water partition coefficient (Wildman–Crippen LogP) is 3.28. The van der Waals surface area contributed by atoms with Crippen molar-refractivity contribution in [3.8, 4) is 5.75 Å². The van der Waals surface area contributed by atoms with Crippen molar-refractivity contribution in [1.29, 1.82) is 0 Å². The van der Waals surface area contributed by atoms with Crippen molar-refractivity contribution in [1.82, 2.24) is 0 Å². The second kappa shape index (κ2) is 5.46. The molecule has 0 saturated heterocycles. The lowest BCUT2D eigenvalue weighted by molar-refractivity contribution is 0.416. The molecule has 96 valence electrons. The summed E-state index contributed by atoms with van der Waals surface area (Å²) in [5.74, 6) is -0.401. The molecule has 1 aromatic carbocycles. The zero-order valence-electron chi connectivity index (χ0n) is 9.82. The molecule has 1 atom stereocenters. The van der Waals surface area contributed by atoms with Gasteiger partial charge in [0.2, 0.25) is 0 Å². The lowest BCUT2D eigenvalue weighted by Crippen LogP contribution is -2.12. The molecule has 0 fully saturated rings. The molecule has 0 aliphatic carbocycles. The Kier molecular flexibility index (Phi) is 3.93. The summed E-state index contributed by atoms with van der Waals surface area (Å²) < 4.78 is 31.3. The predicted molar refractivity (Wildman–Crippen MR) is 67.9 cm³/mol. The Morgan fingerprint density at radius 3 is 2.72 bits per heavy atom. The molecule has 0 bridgehead atoms. The molecule has 1 aromatic heterocycles. The van der Waals surface area contributed by atoms with Gasteiger partial charge >= 0.3 is 0 Å². The standard InChI is InChI=1S/C13H13F2NOS/c1-17-10-6-13(18-7-10)12(16)4-8-2-3-9(14)5-11(8)15/h2-3,5-7,12H,4,16H2,1H3. The maximum Gasteiger partial charge on any atom is 0.129 e. The molecular formula is C13H13F2NOS. The van der Waals surface area contributed by atoms with E-state index in [2.05, 4.69) is 0 Å². The lowest BCUT2D eigenvalue weighted by Gasteiger charge is -2.10. The van der Waals surface area contributed by atoms with Gasteiger partial charge in [0.05, 0.1) is 7.11 Å². The Balaban J connectivity index is 2.13. The van der Waals surface area contributed by atoms with Crippen LogP contribution in [0.1, 0.15) is 16.5 Å². The van der Waals surface area contributed by atoms with Gasteiger partial charge in [-0.3, -0.25) is 0 Å². The molecule has 0 aliphatic rings. The van der Waals surface area contributed by atoms with E-state index in [0.717, 1.165) is 16.7 Å². The number of rotatable bonds is 4. The molecule has 0 saturated carbocycles. The number of nitrogens with two attached hydrogens (primary N) is 1. The number of hydrogen-bond acceptors (Lipinski definition) is 3. The second-order valence-corrected chi connectivity index (χ2v) is 4.88. The minimum atomic E-state index is -0.581. The molecule has 1 unspecified atom stereocenters. The van der Waals surface area contributed by atoms with Gasteiger partial charge in [-0.1, -0.05) is 6.07 Å². The van der Waals surface area contributed by atoms with Crippen molar-refractivity contribution in [3.05, 3.63) is 51.7 Å². The minimum Gasteiger partial charge on any atom is -0.496 e. The number of methoxy groups -OCH3 is 1. The van der Waals surface area contributed by atoms with E-state index >= 15 is 0 Å². The molecular weight excluding hydrogens is 256 g/mol. The summed E-state index contributed by atoms with van der Waals surface area (Å²) in [7, 11) is 1.58. The van der Waals surface area contributed by atoms with Crippen LogP contribution in [0.2, 0.25) is 0 Å². The Morgan fingerprint density at radius 2 is 2.11 bits per heavy atom. The van der Waals surface area contributed by atoms with Crippen LogP contribution in [0, 0.1) is 11.6 Å². The fourth-order valence-electron chi connectivity index (χ4n) is 1.66. The van der Waals surface area contributed by atoms with Gasteiger partial charge in [0.1, 0.15) is 17.4 Å². The van der Waals surface area contributed by atoms with Crippen LogP contribution >= 0.6 is 11.3 Å². The summed E-state index contributed by atoms with van der Waals surface area (Å²) in [6.07, 6.45) is 0.329. The van der Waals surface area contributed by atoms with Gasteiger partial charge in [-0.25, -0.2) is 8.78 Å². The van der Waals surface area contributed by atoms with Crippen molar-refractivity contribution >= 4 is 11.3 Å². The van der Waals surface area contributed by atoms with E-state index in [1.807, 2.05) is 11.4 Å². The van der Waals surface area contributed by atoms with Gasteiger partial charge in [0.25, 0.3) is 0 Å². The first kappa shape index (κ1) is 13.0. The van der Waals surface area contributed by atoms with Gasteiger partial charge in [-0.05, 0) is 24.1 Å². The molecule has 0 spiro atoms. The third-order valence-corrected chi connectivity index (χ3v) is 3.69. The summed E-state index contributed by atoms with van der Waals surface area (Å²) in [5.41, 5.74) is 6.41. The average molecular weight is 269 g/mol. The number of benzene rings is 1. The van der Waals surface area contributed by atoms with Crippen molar-refractivity contribution in [2.24, 2.45) is 5.73 Å². The minimum absolute atomic E-state index is 0.320. The van der Waals surface area contributed by atoms with E-state index in [4.69, 9.17) is 10.5 Å². The zero-order chi connectivity index (χ0) is 13.1. The van der Waals surface area contributed by atoms with Gasteiger partial charge in [-0.2, -0.15) is 0 Å². The van der Waals surface area contributed by atoms with Crippen LogP contribution in [-0.2, 0) is 6.42 Å². The smallest absolute Gasteiger partial charge is 0.129 e. The number of thiophene rings is 1. The first-order chi connectivity index (χ1) is 8.60.